The van der Waals surface area contributed by atoms with Crippen molar-refractivity contribution >= 4 is 0 Å². The van der Waals surface area contributed by atoms with Crippen LogP contribution in [0.15, 0.2) is 24.8 Å². The molecule has 1 heterocycles. The van der Waals surface area contributed by atoms with Crippen LogP contribution in [0.5, 0.6) is 11.5 Å². The van der Waals surface area contributed by atoms with Gasteiger partial charge >= 0.3 is 0 Å². The Morgan fingerprint density at radius 3 is 2.62 bits per heavy atom. The fourth-order valence-electron chi connectivity index (χ4n) is 3.47. The molecule has 1 unspecified atom stereocenters. The number of hydrogen-bond acceptors (Lipinski definition) is 3. The Morgan fingerprint density at radius 2 is 2.00 bits per heavy atom. The van der Waals surface area contributed by atoms with Crippen molar-refractivity contribution in [2.24, 2.45) is 0 Å². The lowest BCUT2D eigenvalue weighted by molar-refractivity contribution is -0.929. The Labute approximate surface area is 126 Å². The van der Waals surface area contributed by atoms with Gasteiger partial charge in [0.25, 0.3) is 0 Å². The molecule has 1 aliphatic rings. The van der Waals surface area contributed by atoms with Gasteiger partial charge in [0.1, 0.15) is 17.5 Å². The number of likely N-dealkylation sites (N-methyl/N-ethyl adjacent to an activating group) is 1. The van der Waals surface area contributed by atoms with Gasteiger partial charge < -0.3 is 19.8 Å². The predicted molar refractivity (Wildman–Crippen MR) is 83.5 cm³/mol. The van der Waals surface area contributed by atoms with Crippen LogP contribution in [0.25, 0.3) is 0 Å². The fourth-order valence-corrected chi connectivity index (χ4v) is 3.47. The summed E-state index contributed by atoms with van der Waals surface area (Å²) in [6.07, 6.45) is 3.34. The van der Waals surface area contributed by atoms with Gasteiger partial charge in [-0.2, -0.15) is 0 Å². The molecule has 0 saturated carbocycles. The quantitative estimate of drug-likeness (QED) is 0.454. The normalized spacial score (nSPS) is 29.3. The van der Waals surface area contributed by atoms with Gasteiger partial charge in [-0.15, -0.1) is 0 Å². The molecule has 116 valence electrons. The third-order valence-corrected chi connectivity index (χ3v) is 4.95. The number of aromatic hydroxyl groups is 2. The van der Waals surface area contributed by atoms with E-state index in [4.69, 9.17) is 0 Å². The highest BCUT2D eigenvalue weighted by molar-refractivity contribution is 5.49. The number of aliphatic hydroxyl groups excluding tert-OH is 1. The third kappa shape index (κ3) is 2.92. The first-order valence-corrected chi connectivity index (χ1v) is 7.52. The summed E-state index contributed by atoms with van der Waals surface area (Å²) in [5.74, 6) is 0.626. The molecule has 2 rings (SSSR count). The summed E-state index contributed by atoms with van der Waals surface area (Å²) in [4.78, 5) is 0. The Morgan fingerprint density at radius 1 is 1.33 bits per heavy atom. The summed E-state index contributed by atoms with van der Waals surface area (Å²) < 4.78 is 0.707. The van der Waals surface area contributed by atoms with Crippen molar-refractivity contribution in [3.8, 4) is 11.5 Å². The molecule has 0 aromatic heterocycles. The van der Waals surface area contributed by atoms with E-state index in [9.17, 15) is 15.3 Å². The molecule has 3 atom stereocenters. The van der Waals surface area contributed by atoms with Crippen molar-refractivity contribution in [3.63, 3.8) is 0 Å². The Bertz CT molecular complexity index is 529. The van der Waals surface area contributed by atoms with Crippen LogP contribution < -0.4 is 0 Å². The second kappa shape index (κ2) is 6.08. The molecule has 1 aliphatic heterocycles. The lowest BCUT2D eigenvalue weighted by Crippen LogP contribution is -2.56. The second-order valence-electron chi connectivity index (χ2n) is 6.40. The first-order valence-electron chi connectivity index (χ1n) is 7.52. The lowest BCUT2D eigenvalue weighted by atomic mass is 9.85. The largest absolute Gasteiger partial charge is 0.508 e. The van der Waals surface area contributed by atoms with Crippen molar-refractivity contribution in [2.75, 3.05) is 26.7 Å². The van der Waals surface area contributed by atoms with E-state index in [1.807, 2.05) is 6.08 Å². The van der Waals surface area contributed by atoms with Crippen LogP contribution in [0, 0.1) is 0 Å². The molecular formula is C17H26NO3+. The number of aliphatic hydroxyl groups is 1. The number of fused-ring (bicyclic) bond motifs is 1. The summed E-state index contributed by atoms with van der Waals surface area (Å²) in [6, 6.07) is 3.08. The van der Waals surface area contributed by atoms with E-state index in [1.165, 1.54) is 6.07 Å². The van der Waals surface area contributed by atoms with Crippen molar-refractivity contribution in [3.05, 3.63) is 35.9 Å². The molecular weight excluding hydrogens is 266 g/mol. The lowest BCUT2D eigenvalue weighted by Gasteiger charge is -2.43. The standard InChI is InChI=1S/C17H25NO3/c1-4-8-18(3)9-7-12(2)17-14(10-13(18)11-19)15(20)5-6-16(17)21/h4-6,12-13,19H,1,7-11H2,2-3H3,(H-,20,21)/p+1/t12-,13?,18-/m1/s1. The maximum absolute atomic E-state index is 10.2. The van der Waals surface area contributed by atoms with Crippen molar-refractivity contribution in [2.45, 2.75) is 31.7 Å². The molecule has 0 bridgehead atoms. The Balaban J connectivity index is 2.51. The molecule has 0 spiro atoms. The zero-order valence-corrected chi connectivity index (χ0v) is 12.9. The zero-order valence-electron chi connectivity index (χ0n) is 12.9. The van der Waals surface area contributed by atoms with Crippen molar-refractivity contribution in [1.82, 2.24) is 0 Å². The minimum Gasteiger partial charge on any atom is -0.508 e. The van der Waals surface area contributed by atoms with E-state index in [2.05, 4.69) is 20.6 Å². The summed E-state index contributed by atoms with van der Waals surface area (Å²) in [6.45, 7) is 7.65. The van der Waals surface area contributed by atoms with Crippen LogP contribution in [0.2, 0.25) is 0 Å². The molecule has 0 radical (unpaired) electrons. The van der Waals surface area contributed by atoms with Crippen molar-refractivity contribution < 1.29 is 19.8 Å². The summed E-state index contributed by atoms with van der Waals surface area (Å²) >= 11 is 0. The number of phenolic OH excluding ortho intramolecular Hbond substituents is 2. The van der Waals surface area contributed by atoms with E-state index < -0.39 is 0 Å². The highest BCUT2D eigenvalue weighted by Gasteiger charge is 2.36. The fraction of sp³-hybridized carbons (Fsp3) is 0.529. The van der Waals surface area contributed by atoms with Crippen LogP contribution in [-0.4, -0.2) is 52.6 Å². The van der Waals surface area contributed by atoms with E-state index in [-0.39, 0.29) is 30.1 Å². The average molecular weight is 292 g/mol. The third-order valence-electron chi connectivity index (χ3n) is 4.95. The van der Waals surface area contributed by atoms with Gasteiger partial charge in [0.2, 0.25) is 0 Å². The van der Waals surface area contributed by atoms with Gasteiger partial charge in [0.15, 0.2) is 0 Å². The number of phenols is 2. The van der Waals surface area contributed by atoms with Crippen LogP contribution in [0.1, 0.15) is 30.4 Å². The molecule has 0 aliphatic carbocycles. The average Bonchev–Trinajstić information content (AvgIpc) is 2.44. The SMILES string of the molecule is C=CC[N@+]1(C)CC[C@@H](C)c2c(O)ccc(O)c2CC1CO. The molecule has 0 fully saturated rings. The van der Waals surface area contributed by atoms with E-state index >= 15 is 0 Å². The Hall–Kier alpha value is -1.52. The van der Waals surface area contributed by atoms with Crippen LogP contribution in [0.3, 0.4) is 0 Å². The van der Waals surface area contributed by atoms with E-state index in [0.29, 0.717) is 10.9 Å². The van der Waals surface area contributed by atoms with Crippen LogP contribution >= 0.6 is 0 Å². The molecule has 1 aromatic rings. The van der Waals surface area contributed by atoms with Crippen LogP contribution in [-0.2, 0) is 6.42 Å². The van der Waals surface area contributed by atoms with E-state index in [1.54, 1.807) is 6.07 Å². The highest BCUT2D eigenvalue weighted by Crippen LogP contribution is 2.39. The first-order chi connectivity index (χ1) is 9.92. The number of rotatable bonds is 3. The molecule has 0 saturated heterocycles. The maximum atomic E-state index is 10.2. The number of benzene rings is 1. The molecule has 3 N–H and O–H groups in total. The van der Waals surface area contributed by atoms with Gasteiger partial charge in [-0.1, -0.05) is 13.5 Å². The molecule has 4 heteroatoms. The van der Waals surface area contributed by atoms with Crippen molar-refractivity contribution in [1.29, 1.82) is 0 Å². The Kier molecular flexibility index (Phi) is 4.59. The molecule has 4 nitrogen and oxygen atoms in total. The minimum absolute atomic E-state index is 0.0121. The predicted octanol–water partition coefficient (Wildman–Crippen LogP) is 2.14. The summed E-state index contributed by atoms with van der Waals surface area (Å²) in [7, 11) is 2.13. The van der Waals surface area contributed by atoms with Gasteiger partial charge in [0, 0.05) is 24.0 Å². The van der Waals surface area contributed by atoms with Gasteiger partial charge in [0.05, 0.1) is 26.7 Å². The summed E-state index contributed by atoms with van der Waals surface area (Å²) in [5.41, 5.74) is 1.60. The van der Waals surface area contributed by atoms with Gasteiger partial charge in [-0.05, 0) is 24.1 Å². The minimum atomic E-state index is -0.0121. The zero-order chi connectivity index (χ0) is 15.6. The number of quaternary nitrogens is 1. The van der Waals surface area contributed by atoms with Gasteiger partial charge in [-0.3, -0.25) is 0 Å². The molecule has 0 amide bonds. The topological polar surface area (TPSA) is 60.7 Å². The first kappa shape index (κ1) is 15.9. The van der Waals surface area contributed by atoms with Gasteiger partial charge in [-0.25, -0.2) is 0 Å². The monoisotopic (exact) mass is 292 g/mol. The summed E-state index contributed by atoms with van der Waals surface area (Å²) in [5, 5.41) is 30.2. The van der Waals surface area contributed by atoms with Crippen LogP contribution in [0.4, 0.5) is 0 Å². The number of hydrogen-bond donors (Lipinski definition) is 3. The number of nitrogens with zero attached hydrogens (tertiary/aromatic N) is 1. The van der Waals surface area contributed by atoms with E-state index in [0.717, 1.165) is 30.6 Å². The maximum Gasteiger partial charge on any atom is 0.119 e. The smallest absolute Gasteiger partial charge is 0.119 e. The highest BCUT2D eigenvalue weighted by atomic mass is 16.3. The second-order valence-corrected chi connectivity index (χ2v) is 6.40. The molecule has 21 heavy (non-hydrogen) atoms. The molecule has 1 aromatic carbocycles.